The minimum atomic E-state index is -0.606. The number of aliphatic hydroxyl groups excluding tert-OH is 2. The zero-order valence-corrected chi connectivity index (χ0v) is 10.6. The maximum Gasteiger partial charge on any atom is 0.0980 e. The van der Waals surface area contributed by atoms with E-state index in [1.54, 1.807) is 0 Å². The summed E-state index contributed by atoms with van der Waals surface area (Å²) in [5.41, 5.74) is 0. The fourth-order valence-corrected chi connectivity index (χ4v) is 2.73. The molecule has 4 heteroatoms. The Morgan fingerprint density at radius 2 is 1.22 bits per heavy atom. The van der Waals surface area contributed by atoms with Gasteiger partial charge in [-0.2, -0.15) is 0 Å². The summed E-state index contributed by atoms with van der Waals surface area (Å²) in [5.74, 6) is 0. The van der Waals surface area contributed by atoms with Gasteiger partial charge >= 0.3 is 0 Å². The fourth-order valence-electron chi connectivity index (χ4n) is 2.73. The van der Waals surface area contributed by atoms with Crippen LogP contribution in [0.4, 0.5) is 0 Å². The van der Waals surface area contributed by atoms with Gasteiger partial charge in [-0.05, 0) is 25.7 Å². The van der Waals surface area contributed by atoms with E-state index in [9.17, 15) is 10.2 Å². The minimum Gasteiger partial charge on any atom is -0.386 e. The van der Waals surface area contributed by atoms with E-state index in [1.165, 1.54) is 12.2 Å². The summed E-state index contributed by atoms with van der Waals surface area (Å²) in [6.45, 7) is 7.14. The Balaban J connectivity index is 1.84. The van der Waals surface area contributed by atoms with Crippen molar-refractivity contribution in [2.45, 2.75) is 62.3 Å². The molecule has 4 nitrogen and oxygen atoms in total. The van der Waals surface area contributed by atoms with Gasteiger partial charge in [0.2, 0.25) is 0 Å². The lowest BCUT2D eigenvalue weighted by atomic mass is 10.0. The van der Waals surface area contributed by atoms with Gasteiger partial charge in [-0.25, -0.2) is 0 Å². The molecule has 6 atom stereocenters. The van der Waals surface area contributed by atoms with E-state index in [1.807, 2.05) is 0 Å². The highest BCUT2D eigenvalue weighted by Crippen LogP contribution is 2.33. The summed E-state index contributed by atoms with van der Waals surface area (Å²) in [5, 5.41) is 19.3. The summed E-state index contributed by atoms with van der Waals surface area (Å²) < 4.78 is 11.6. The van der Waals surface area contributed by atoms with Crippen LogP contribution in [0.25, 0.3) is 0 Å². The van der Waals surface area contributed by atoms with E-state index in [0.717, 1.165) is 25.7 Å². The van der Waals surface area contributed by atoms with Gasteiger partial charge < -0.3 is 19.7 Å². The first-order chi connectivity index (χ1) is 8.65. The molecule has 102 valence electrons. The third-order valence-corrected chi connectivity index (χ3v) is 3.83. The highest BCUT2D eigenvalue weighted by molar-refractivity contribution is 4.95. The van der Waals surface area contributed by atoms with Gasteiger partial charge in [0.1, 0.15) is 0 Å². The molecule has 2 saturated heterocycles. The van der Waals surface area contributed by atoms with Crippen molar-refractivity contribution in [3.63, 3.8) is 0 Å². The van der Waals surface area contributed by atoms with Crippen LogP contribution in [0.5, 0.6) is 0 Å². The first-order valence-corrected chi connectivity index (χ1v) is 6.58. The zero-order valence-electron chi connectivity index (χ0n) is 10.6. The van der Waals surface area contributed by atoms with Crippen molar-refractivity contribution in [1.82, 2.24) is 0 Å². The fraction of sp³-hybridized carbons (Fsp3) is 0.714. The van der Waals surface area contributed by atoms with Crippen LogP contribution in [-0.2, 0) is 9.47 Å². The summed E-state index contributed by atoms with van der Waals surface area (Å²) in [6.07, 6.45) is 4.93. The maximum atomic E-state index is 9.66. The van der Waals surface area contributed by atoms with Gasteiger partial charge in [0.25, 0.3) is 0 Å². The molecular formula is C14H22O4. The van der Waals surface area contributed by atoms with Crippen LogP contribution in [0, 0.1) is 0 Å². The van der Waals surface area contributed by atoms with Gasteiger partial charge in [0, 0.05) is 0 Å². The Bertz CT molecular complexity index is 274. The van der Waals surface area contributed by atoms with Crippen LogP contribution in [0.15, 0.2) is 25.3 Å². The predicted molar refractivity (Wildman–Crippen MR) is 68.2 cm³/mol. The summed E-state index contributed by atoms with van der Waals surface area (Å²) in [7, 11) is 0. The Morgan fingerprint density at radius 1 is 0.833 bits per heavy atom. The quantitative estimate of drug-likeness (QED) is 0.723. The summed E-state index contributed by atoms with van der Waals surface area (Å²) in [4.78, 5) is 0. The first kappa shape index (κ1) is 13.7. The molecule has 0 amide bonds. The van der Waals surface area contributed by atoms with Crippen LogP contribution >= 0.6 is 0 Å². The molecule has 2 fully saturated rings. The van der Waals surface area contributed by atoms with E-state index < -0.39 is 12.2 Å². The van der Waals surface area contributed by atoms with Gasteiger partial charge in [0.05, 0.1) is 36.6 Å². The van der Waals surface area contributed by atoms with E-state index in [2.05, 4.69) is 13.2 Å². The van der Waals surface area contributed by atoms with Crippen molar-refractivity contribution >= 4 is 0 Å². The minimum absolute atomic E-state index is 0.0200. The highest BCUT2D eigenvalue weighted by Gasteiger charge is 2.39. The van der Waals surface area contributed by atoms with E-state index >= 15 is 0 Å². The van der Waals surface area contributed by atoms with Crippen molar-refractivity contribution in [3.8, 4) is 0 Å². The van der Waals surface area contributed by atoms with Crippen molar-refractivity contribution in [2.75, 3.05) is 0 Å². The summed E-state index contributed by atoms with van der Waals surface area (Å²) in [6, 6.07) is 0. The molecule has 2 heterocycles. The third kappa shape index (κ3) is 2.83. The standard InChI is InChI=1S/C14H22O4/c1-3-9(15)11-5-7-13(17-11)14-8-6-12(18-14)10(16)4-2/h3-4,9-16H,1-2,5-8H2/t9-,10-,11+,12+,13-,14-/m1/s1. The zero-order chi connectivity index (χ0) is 13.1. The normalized spacial score (nSPS) is 39.4. The molecule has 0 aromatic carbocycles. The molecule has 0 radical (unpaired) electrons. The van der Waals surface area contributed by atoms with E-state index in [-0.39, 0.29) is 24.4 Å². The highest BCUT2D eigenvalue weighted by atomic mass is 16.6. The lowest BCUT2D eigenvalue weighted by Gasteiger charge is -2.22. The van der Waals surface area contributed by atoms with Crippen LogP contribution in [0.1, 0.15) is 25.7 Å². The van der Waals surface area contributed by atoms with Crippen LogP contribution in [-0.4, -0.2) is 46.8 Å². The number of hydrogen-bond acceptors (Lipinski definition) is 4. The van der Waals surface area contributed by atoms with Gasteiger partial charge in [-0.3, -0.25) is 0 Å². The average Bonchev–Trinajstić information content (AvgIpc) is 3.04. The van der Waals surface area contributed by atoms with Gasteiger partial charge in [-0.1, -0.05) is 12.2 Å². The number of ether oxygens (including phenoxy) is 2. The first-order valence-electron chi connectivity index (χ1n) is 6.58. The second kappa shape index (κ2) is 5.97. The number of rotatable bonds is 5. The average molecular weight is 254 g/mol. The molecule has 2 rings (SSSR count). The molecule has 2 aliphatic rings. The van der Waals surface area contributed by atoms with Crippen LogP contribution in [0.3, 0.4) is 0 Å². The van der Waals surface area contributed by atoms with E-state index in [4.69, 9.17) is 9.47 Å². The molecule has 0 spiro atoms. The topological polar surface area (TPSA) is 58.9 Å². The van der Waals surface area contributed by atoms with Crippen LogP contribution < -0.4 is 0 Å². The predicted octanol–water partition coefficient (Wildman–Crippen LogP) is 1.18. The molecule has 0 unspecified atom stereocenters. The van der Waals surface area contributed by atoms with Crippen molar-refractivity contribution < 1.29 is 19.7 Å². The molecule has 0 bridgehead atoms. The Morgan fingerprint density at radius 3 is 1.56 bits per heavy atom. The Kier molecular flexibility index (Phi) is 4.56. The number of aliphatic hydroxyl groups is 2. The largest absolute Gasteiger partial charge is 0.386 e. The molecule has 0 aliphatic carbocycles. The van der Waals surface area contributed by atoms with Crippen molar-refractivity contribution in [3.05, 3.63) is 25.3 Å². The second-order valence-corrected chi connectivity index (χ2v) is 5.03. The van der Waals surface area contributed by atoms with Crippen molar-refractivity contribution in [2.24, 2.45) is 0 Å². The number of hydrogen-bond donors (Lipinski definition) is 2. The second-order valence-electron chi connectivity index (χ2n) is 5.03. The Labute approximate surface area is 108 Å². The molecule has 18 heavy (non-hydrogen) atoms. The molecule has 0 saturated carbocycles. The van der Waals surface area contributed by atoms with Gasteiger partial charge in [0.15, 0.2) is 0 Å². The van der Waals surface area contributed by atoms with Gasteiger partial charge in [-0.15, -0.1) is 13.2 Å². The molecule has 2 aliphatic heterocycles. The molecule has 0 aromatic heterocycles. The smallest absolute Gasteiger partial charge is 0.0980 e. The van der Waals surface area contributed by atoms with Crippen LogP contribution in [0.2, 0.25) is 0 Å². The molecular weight excluding hydrogens is 232 g/mol. The lowest BCUT2D eigenvalue weighted by molar-refractivity contribution is -0.0974. The maximum absolute atomic E-state index is 9.66. The molecule has 2 N–H and O–H groups in total. The lowest BCUT2D eigenvalue weighted by Crippen LogP contribution is -2.32. The third-order valence-electron chi connectivity index (χ3n) is 3.83. The Hall–Kier alpha value is -0.680. The summed E-state index contributed by atoms with van der Waals surface area (Å²) >= 11 is 0. The molecule has 0 aromatic rings. The van der Waals surface area contributed by atoms with E-state index in [0.29, 0.717) is 0 Å². The monoisotopic (exact) mass is 254 g/mol. The SMILES string of the molecule is C=C[C@@H](O)[C@@H]1CC[C@H]([C@H]2CC[C@@H]([C@H](O)C=C)O2)O1. The van der Waals surface area contributed by atoms with Crippen molar-refractivity contribution in [1.29, 1.82) is 0 Å².